The number of allylic oxidation sites excluding steroid dienone is 2. The van der Waals surface area contributed by atoms with E-state index in [4.69, 9.17) is 0 Å². The number of fused-ring (bicyclic) bond motifs is 3. The van der Waals surface area contributed by atoms with Crippen molar-refractivity contribution in [2.45, 2.75) is 73.3 Å². The number of Topliss-reactive ketones (excluding diaryl/α,β-unsaturated/α-hetero) is 4. The van der Waals surface area contributed by atoms with E-state index in [1.807, 2.05) is 0 Å². The first-order valence-corrected chi connectivity index (χ1v) is 12.6. The highest BCUT2D eigenvalue weighted by Gasteiger charge is 2.71. The zero-order valence-corrected chi connectivity index (χ0v) is 22.3. The SMILES string of the molecule is CCc1cc(C(C)=O)c2c(c1O)C(=O)C1=C(O)[C@@]3(O)C(=O)C(C(C)=O)=C(O)C(C(C)C)[C@@]3(C)C[C@@]1(C)C2. The zero-order chi connectivity index (χ0) is 28.0. The molecule has 0 saturated carbocycles. The molecular formula is C29H34O8. The van der Waals surface area contributed by atoms with Gasteiger partial charge in [0, 0.05) is 27.9 Å². The molecule has 4 rings (SSSR count). The number of benzene rings is 1. The van der Waals surface area contributed by atoms with Crippen LogP contribution >= 0.6 is 0 Å². The minimum absolute atomic E-state index is 0.0153. The number of carbonyl (C=O) groups is 4. The van der Waals surface area contributed by atoms with Crippen molar-refractivity contribution in [3.8, 4) is 5.75 Å². The first kappa shape index (κ1) is 26.8. The van der Waals surface area contributed by atoms with Crippen LogP contribution in [0.15, 0.2) is 28.7 Å². The number of carbonyl (C=O) groups excluding carboxylic acids is 4. The monoisotopic (exact) mass is 510 g/mol. The Morgan fingerprint density at radius 3 is 2.16 bits per heavy atom. The molecule has 0 radical (unpaired) electrons. The minimum Gasteiger partial charge on any atom is -0.511 e. The number of aromatic hydroxyl groups is 1. The summed E-state index contributed by atoms with van der Waals surface area (Å²) >= 11 is 0. The molecule has 198 valence electrons. The number of aliphatic hydroxyl groups excluding tert-OH is 2. The predicted molar refractivity (Wildman–Crippen MR) is 135 cm³/mol. The highest BCUT2D eigenvalue weighted by atomic mass is 16.3. The summed E-state index contributed by atoms with van der Waals surface area (Å²) in [5, 5.41) is 45.8. The van der Waals surface area contributed by atoms with Crippen LogP contribution in [0.25, 0.3) is 0 Å². The molecule has 1 unspecified atom stereocenters. The van der Waals surface area contributed by atoms with Crippen LogP contribution < -0.4 is 0 Å². The van der Waals surface area contributed by atoms with Crippen LogP contribution in [0.3, 0.4) is 0 Å². The molecule has 0 amide bonds. The quantitative estimate of drug-likeness (QED) is 0.349. The lowest BCUT2D eigenvalue weighted by atomic mass is 9.44. The van der Waals surface area contributed by atoms with Crippen LogP contribution in [0, 0.1) is 22.7 Å². The Morgan fingerprint density at radius 2 is 1.68 bits per heavy atom. The second kappa shape index (κ2) is 8.12. The van der Waals surface area contributed by atoms with Crippen LogP contribution in [0.5, 0.6) is 5.75 Å². The van der Waals surface area contributed by atoms with Gasteiger partial charge in [-0.25, -0.2) is 0 Å². The van der Waals surface area contributed by atoms with E-state index in [2.05, 4.69) is 0 Å². The van der Waals surface area contributed by atoms with Crippen LogP contribution in [0.2, 0.25) is 0 Å². The molecule has 8 heteroatoms. The van der Waals surface area contributed by atoms with Crippen LogP contribution in [-0.4, -0.2) is 49.2 Å². The predicted octanol–water partition coefficient (Wildman–Crippen LogP) is 4.11. The smallest absolute Gasteiger partial charge is 0.209 e. The number of phenols is 1. The van der Waals surface area contributed by atoms with E-state index in [0.29, 0.717) is 23.1 Å². The van der Waals surface area contributed by atoms with Gasteiger partial charge in [0.25, 0.3) is 0 Å². The molecule has 0 heterocycles. The zero-order valence-electron chi connectivity index (χ0n) is 22.3. The van der Waals surface area contributed by atoms with E-state index in [-0.39, 0.29) is 41.4 Å². The number of phenolic OH excluding ortho intramolecular Hbond substituents is 1. The molecular weight excluding hydrogens is 476 g/mol. The third-order valence-corrected chi connectivity index (χ3v) is 8.85. The van der Waals surface area contributed by atoms with E-state index in [1.54, 1.807) is 40.7 Å². The highest BCUT2D eigenvalue weighted by Crippen LogP contribution is 2.65. The topological polar surface area (TPSA) is 149 Å². The summed E-state index contributed by atoms with van der Waals surface area (Å²) < 4.78 is 0. The molecule has 0 fully saturated rings. The number of hydrogen-bond donors (Lipinski definition) is 4. The fourth-order valence-corrected chi connectivity index (χ4v) is 7.44. The molecule has 4 N–H and O–H groups in total. The molecule has 0 aromatic heterocycles. The fourth-order valence-electron chi connectivity index (χ4n) is 7.44. The minimum atomic E-state index is -2.65. The van der Waals surface area contributed by atoms with Gasteiger partial charge < -0.3 is 20.4 Å². The Balaban J connectivity index is 2.11. The van der Waals surface area contributed by atoms with Crippen molar-refractivity contribution in [2.24, 2.45) is 22.7 Å². The number of ketones is 4. The lowest BCUT2D eigenvalue weighted by Crippen LogP contribution is -2.67. The molecule has 0 aliphatic heterocycles. The maximum Gasteiger partial charge on any atom is 0.209 e. The maximum atomic E-state index is 14.0. The second-order valence-electron chi connectivity index (χ2n) is 11.7. The van der Waals surface area contributed by atoms with Crippen molar-refractivity contribution in [2.75, 3.05) is 0 Å². The Bertz CT molecular complexity index is 1360. The van der Waals surface area contributed by atoms with Gasteiger partial charge in [-0.05, 0) is 56.2 Å². The summed E-state index contributed by atoms with van der Waals surface area (Å²) in [7, 11) is 0. The lowest BCUT2D eigenvalue weighted by molar-refractivity contribution is -0.171. The summed E-state index contributed by atoms with van der Waals surface area (Å²) in [6.45, 7) is 11.1. The van der Waals surface area contributed by atoms with Crippen molar-refractivity contribution in [3.63, 3.8) is 0 Å². The Kier molecular flexibility index (Phi) is 5.88. The van der Waals surface area contributed by atoms with Crippen molar-refractivity contribution in [3.05, 3.63) is 51.0 Å². The molecule has 1 aromatic rings. The molecule has 3 aliphatic carbocycles. The number of aryl methyl sites for hydroxylation is 1. The van der Waals surface area contributed by atoms with Gasteiger partial charge >= 0.3 is 0 Å². The Hall–Kier alpha value is -3.26. The van der Waals surface area contributed by atoms with Crippen molar-refractivity contribution in [1.82, 2.24) is 0 Å². The van der Waals surface area contributed by atoms with Crippen molar-refractivity contribution < 1.29 is 39.6 Å². The molecule has 0 spiro atoms. The van der Waals surface area contributed by atoms with Crippen molar-refractivity contribution >= 4 is 23.1 Å². The van der Waals surface area contributed by atoms with Gasteiger partial charge in [-0.3, -0.25) is 19.2 Å². The van der Waals surface area contributed by atoms with Gasteiger partial charge in [0.2, 0.25) is 5.78 Å². The van der Waals surface area contributed by atoms with Gasteiger partial charge in [0.05, 0.1) is 5.56 Å². The molecule has 0 saturated heterocycles. The van der Waals surface area contributed by atoms with E-state index >= 15 is 0 Å². The van der Waals surface area contributed by atoms with E-state index in [0.717, 1.165) is 6.92 Å². The van der Waals surface area contributed by atoms with Gasteiger partial charge in [-0.15, -0.1) is 0 Å². The number of hydrogen-bond acceptors (Lipinski definition) is 8. The summed E-state index contributed by atoms with van der Waals surface area (Å²) in [4.78, 5) is 52.7. The fraction of sp³-hybridized carbons (Fsp3) is 0.517. The molecule has 4 atom stereocenters. The Labute approximate surface area is 215 Å². The average Bonchev–Trinajstić information content (AvgIpc) is 2.75. The van der Waals surface area contributed by atoms with E-state index in [9.17, 15) is 39.6 Å². The normalized spacial score (nSPS) is 31.3. The largest absolute Gasteiger partial charge is 0.511 e. The molecule has 8 nitrogen and oxygen atoms in total. The molecule has 3 aliphatic rings. The molecule has 37 heavy (non-hydrogen) atoms. The number of rotatable bonds is 4. The lowest BCUT2D eigenvalue weighted by Gasteiger charge is -2.59. The van der Waals surface area contributed by atoms with E-state index < -0.39 is 56.8 Å². The average molecular weight is 511 g/mol. The highest BCUT2D eigenvalue weighted by molar-refractivity contribution is 6.25. The summed E-state index contributed by atoms with van der Waals surface area (Å²) in [5.74, 6) is -5.82. The van der Waals surface area contributed by atoms with Crippen LogP contribution in [0.1, 0.15) is 86.7 Å². The summed E-state index contributed by atoms with van der Waals surface area (Å²) in [6.07, 6.45) is 0.408. The summed E-state index contributed by atoms with van der Waals surface area (Å²) in [5.41, 5.74) is -5.20. The van der Waals surface area contributed by atoms with Gasteiger partial charge in [0.15, 0.2) is 23.0 Å². The van der Waals surface area contributed by atoms with E-state index in [1.165, 1.54) is 6.92 Å². The second-order valence-corrected chi connectivity index (χ2v) is 11.7. The molecule has 0 bridgehead atoms. The summed E-state index contributed by atoms with van der Waals surface area (Å²) in [6, 6.07) is 1.58. The van der Waals surface area contributed by atoms with Crippen molar-refractivity contribution in [1.29, 1.82) is 0 Å². The third-order valence-electron chi connectivity index (χ3n) is 8.85. The third kappa shape index (κ3) is 3.17. The standard InChI is InChI=1S/C29H34O8/c1-8-15-9-16(13(4)30)17-10-27(6)11-28(7)20(12(2)3)23(33)18(14(5)31)25(35)29(28,37)26(36)21(27)24(34)19(17)22(15)32/h9,12,20,32-33,36-37H,8,10-11H2,1-7H3/t20?,27-,28-,29+/m1/s1. The van der Waals surface area contributed by atoms with Gasteiger partial charge in [-0.1, -0.05) is 34.6 Å². The maximum absolute atomic E-state index is 14.0. The van der Waals surface area contributed by atoms with Crippen LogP contribution in [-0.2, 0) is 22.4 Å². The first-order valence-electron chi connectivity index (χ1n) is 12.6. The van der Waals surface area contributed by atoms with Crippen LogP contribution in [0.4, 0.5) is 0 Å². The van der Waals surface area contributed by atoms with Gasteiger partial charge in [0.1, 0.15) is 22.8 Å². The Morgan fingerprint density at radius 1 is 1.08 bits per heavy atom. The molecule has 1 aromatic carbocycles. The first-order chi connectivity index (χ1) is 17.0. The number of aliphatic hydroxyl groups is 3. The van der Waals surface area contributed by atoms with Gasteiger partial charge in [-0.2, -0.15) is 0 Å².